The average Bonchev–Trinajstić information content (AvgIpc) is 2.76. The minimum Gasteiger partial charge on any atom is -0.306 e. The zero-order valence-electron chi connectivity index (χ0n) is 13.0. The summed E-state index contributed by atoms with van der Waals surface area (Å²) in [4.78, 5) is 17.4. The highest BCUT2D eigenvalue weighted by Gasteiger charge is 2.07. The fourth-order valence-electron chi connectivity index (χ4n) is 2.75. The molecule has 0 fully saturated rings. The molecule has 1 heterocycles. The normalized spacial score (nSPS) is 11.0. The van der Waals surface area contributed by atoms with Crippen LogP contribution in [-0.4, -0.2) is 34.1 Å². The van der Waals surface area contributed by atoms with Crippen molar-refractivity contribution in [3.05, 3.63) is 34.7 Å². The molecule has 0 aliphatic rings. The van der Waals surface area contributed by atoms with Gasteiger partial charge in [0.25, 0.3) is 0 Å². The summed E-state index contributed by atoms with van der Waals surface area (Å²) in [6.45, 7) is 8.58. The van der Waals surface area contributed by atoms with Crippen molar-refractivity contribution in [2.75, 3.05) is 19.6 Å². The molecule has 4 nitrogen and oxygen atoms in total. The zero-order valence-corrected chi connectivity index (χ0v) is 13.8. The van der Waals surface area contributed by atoms with Gasteiger partial charge in [0.1, 0.15) is 0 Å². The van der Waals surface area contributed by atoms with Gasteiger partial charge < -0.3 is 9.88 Å². The first-order chi connectivity index (χ1) is 9.76. The van der Waals surface area contributed by atoms with Crippen LogP contribution in [0, 0.1) is 0 Å². The van der Waals surface area contributed by atoms with Gasteiger partial charge in [-0.05, 0) is 51.0 Å². The molecule has 1 N–H and O–H groups in total. The van der Waals surface area contributed by atoms with Gasteiger partial charge in [0, 0.05) is 6.54 Å². The summed E-state index contributed by atoms with van der Waals surface area (Å²) in [5.41, 5.74) is 1.94. The van der Waals surface area contributed by atoms with E-state index in [1.54, 1.807) is 0 Å². The lowest BCUT2D eigenvalue weighted by Crippen LogP contribution is -2.28. The molecule has 0 amide bonds. The predicted octanol–water partition coefficient (Wildman–Crippen LogP) is 3.26. The number of aromatic amines is 1. The molecule has 2 rings (SSSR count). The molecule has 0 saturated carbocycles. The summed E-state index contributed by atoms with van der Waals surface area (Å²) < 4.78 is 1.85. The number of hydrogen-bond acceptors (Lipinski definition) is 2. The maximum absolute atomic E-state index is 12.0. The van der Waals surface area contributed by atoms with Gasteiger partial charge in [0.2, 0.25) is 0 Å². The predicted molar refractivity (Wildman–Crippen MR) is 91.4 cm³/mol. The van der Waals surface area contributed by atoms with E-state index >= 15 is 0 Å². The number of H-pyrrole nitrogens is 1. The first kappa shape index (κ1) is 17.8. The lowest BCUT2D eigenvalue weighted by Gasteiger charge is -2.20. The monoisotopic (exact) mass is 311 g/mol. The molecular formula is C16H26ClN3O. The molecule has 0 aliphatic carbocycles. The smallest absolute Gasteiger partial charge is 0.306 e. The van der Waals surface area contributed by atoms with E-state index in [9.17, 15) is 4.79 Å². The molecule has 0 bridgehead atoms. The molecule has 0 unspecified atom stereocenters. The molecule has 0 radical (unpaired) electrons. The maximum Gasteiger partial charge on any atom is 0.326 e. The van der Waals surface area contributed by atoms with Crippen LogP contribution in [0.2, 0.25) is 0 Å². The van der Waals surface area contributed by atoms with E-state index in [1.165, 1.54) is 12.8 Å². The average molecular weight is 312 g/mol. The van der Waals surface area contributed by atoms with Crippen molar-refractivity contribution >= 4 is 23.4 Å². The fourth-order valence-corrected chi connectivity index (χ4v) is 2.75. The first-order valence-electron chi connectivity index (χ1n) is 7.66. The van der Waals surface area contributed by atoms with Gasteiger partial charge in [-0.2, -0.15) is 0 Å². The van der Waals surface area contributed by atoms with E-state index in [4.69, 9.17) is 0 Å². The molecular weight excluding hydrogens is 286 g/mol. The van der Waals surface area contributed by atoms with Crippen molar-refractivity contribution in [2.45, 2.75) is 39.7 Å². The summed E-state index contributed by atoms with van der Waals surface area (Å²) in [5.74, 6) is 0. The first-order valence-corrected chi connectivity index (χ1v) is 7.66. The number of benzene rings is 1. The summed E-state index contributed by atoms with van der Waals surface area (Å²) in [7, 11) is 0. The SMILES string of the molecule is CCCN(CCC)CCCn1c(=O)[nH]c2ccccc21.Cl. The third kappa shape index (κ3) is 4.61. The number of halogens is 1. The molecule has 0 aliphatic heterocycles. The van der Waals surface area contributed by atoms with Crippen LogP contribution < -0.4 is 5.69 Å². The van der Waals surface area contributed by atoms with Crippen molar-refractivity contribution < 1.29 is 0 Å². The van der Waals surface area contributed by atoms with Crippen molar-refractivity contribution in [3.63, 3.8) is 0 Å². The van der Waals surface area contributed by atoms with Crippen LogP contribution in [-0.2, 0) is 6.54 Å². The number of hydrogen-bond donors (Lipinski definition) is 1. The van der Waals surface area contributed by atoms with Crippen LogP contribution in [0.1, 0.15) is 33.1 Å². The van der Waals surface area contributed by atoms with E-state index in [0.29, 0.717) is 0 Å². The molecule has 1 aromatic carbocycles. The fraction of sp³-hybridized carbons (Fsp3) is 0.562. The Morgan fingerprint density at radius 2 is 1.76 bits per heavy atom. The van der Waals surface area contributed by atoms with E-state index in [1.807, 2.05) is 28.8 Å². The lowest BCUT2D eigenvalue weighted by atomic mass is 10.3. The second-order valence-electron chi connectivity index (χ2n) is 5.29. The number of nitrogens with zero attached hydrogens (tertiary/aromatic N) is 2. The molecule has 0 atom stereocenters. The van der Waals surface area contributed by atoms with Crippen LogP contribution >= 0.6 is 12.4 Å². The lowest BCUT2D eigenvalue weighted by molar-refractivity contribution is 0.266. The minimum absolute atomic E-state index is 0. The number of rotatable bonds is 8. The van der Waals surface area contributed by atoms with Crippen molar-refractivity contribution in [1.29, 1.82) is 0 Å². The van der Waals surface area contributed by atoms with E-state index in [2.05, 4.69) is 23.7 Å². The van der Waals surface area contributed by atoms with E-state index < -0.39 is 0 Å². The molecule has 0 spiro atoms. The number of aromatic nitrogens is 2. The highest BCUT2D eigenvalue weighted by Crippen LogP contribution is 2.09. The maximum atomic E-state index is 12.0. The minimum atomic E-state index is 0. The molecule has 1 aromatic heterocycles. The Morgan fingerprint density at radius 3 is 2.43 bits per heavy atom. The van der Waals surface area contributed by atoms with Crippen molar-refractivity contribution in [2.24, 2.45) is 0 Å². The Labute approximate surface area is 132 Å². The Kier molecular flexibility index (Phi) is 7.54. The van der Waals surface area contributed by atoms with Crippen LogP contribution in [0.5, 0.6) is 0 Å². The van der Waals surface area contributed by atoms with Gasteiger partial charge in [0.05, 0.1) is 11.0 Å². The Balaban J connectivity index is 0.00000220. The number of imidazole rings is 1. The van der Waals surface area contributed by atoms with Gasteiger partial charge in [-0.1, -0.05) is 26.0 Å². The number of nitrogens with one attached hydrogen (secondary N) is 1. The summed E-state index contributed by atoms with van der Waals surface area (Å²) >= 11 is 0. The zero-order chi connectivity index (χ0) is 14.4. The van der Waals surface area contributed by atoms with Crippen LogP contribution in [0.3, 0.4) is 0 Å². The molecule has 2 aromatic rings. The second-order valence-corrected chi connectivity index (χ2v) is 5.29. The Bertz CT molecular complexity index is 584. The second kappa shape index (κ2) is 8.90. The van der Waals surface area contributed by atoms with E-state index in [0.717, 1.165) is 43.6 Å². The standard InChI is InChI=1S/C16H25N3O.ClH/c1-3-10-18(11-4-2)12-7-13-19-15-9-6-5-8-14(15)17-16(19)20;/h5-6,8-9H,3-4,7,10-13H2,1-2H3,(H,17,20);1H. The largest absolute Gasteiger partial charge is 0.326 e. The molecule has 5 heteroatoms. The Hall–Kier alpha value is -1.26. The quantitative estimate of drug-likeness (QED) is 0.813. The molecule has 118 valence electrons. The van der Waals surface area contributed by atoms with Crippen LogP contribution in [0.4, 0.5) is 0 Å². The van der Waals surface area contributed by atoms with Crippen LogP contribution in [0.15, 0.2) is 29.1 Å². The van der Waals surface area contributed by atoms with Gasteiger partial charge in [-0.3, -0.25) is 4.57 Å². The number of fused-ring (bicyclic) bond motifs is 1. The van der Waals surface area contributed by atoms with E-state index in [-0.39, 0.29) is 18.1 Å². The van der Waals surface area contributed by atoms with Crippen molar-refractivity contribution in [3.8, 4) is 0 Å². The third-order valence-electron chi connectivity index (χ3n) is 3.62. The van der Waals surface area contributed by atoms with Crippen molar-refractivity contribution in [1.82, 2.24) is 14.5 Å². The number of aryl methyl sites for hydroxylation is 1. The summed E-state index contributed by atoms with van der Waals surface area (Å²) in [6.07, 6.45) is 3.39. The topological polar surface area (TPSA) is 41.0 Å². The Morgan fingerprint density at radius 1 is 1.10 bits per heavy atom. The van der Waals surface area contributed by atoms with Gasteiger partial charge in [-0.25, -0.2) is 4.79 Å². The summed E-state index contributed by atoms with van der Waals surface area (Å²) in [6, 6.07) is 7.89. The molecule has 0 saturated heterocycles. The van der Waals surface area contributed by atoms with Gasteiger partial charge in [-0.15, -0.1) is 12.4 Å². The van der Waals surface area contributed by atoms with Gasteiger partial charge in [0.15, 0.2) is 0 Å². The summed E-state index contributed by atoms with van der Waals surface area (Å²) in [5, 5.41) is 0. The van der Waals surface area contributed by atoms with Crippen LogP contribution in [0.25, 0.3) is 11.0 Å². The third-order valence-corrected chi connectivity index (χ3v) is 3.62. The van der Waals surface area contributed by atoms with Gasteiger partial charge >= 0.3 is 5.69 Å². The highest BCUT2D eigenvalue weighted by atomic mass is 35.5. The highest BCUT2D eigenvalue weighted by molar-refractivity contribution is 5.85. The number of para-hydroxylation sites is 2. The molecule has 21 heavy (non-hydrogen) atoms.